The number of nitrogens with one attached hydrogen (secondary N) is 1. The number of aromatic nitrogens is 3. The molecule has 0 aliphatic carbocycles. The lowest BCUT2D eigenvalue weighted by atomic mass is 10.0. The number of hydrogen-bond acceptors (Lipinski definition) is 3. The fourth-order valence-electron chi connectivity index (χ4n) is 1.86. The van der Waals surface area contributed by atoms with Gasteiger partial charge in [-0.15, -0.1) is 10.2 Å². The van der Waals surface area contributed by atoms with E-state index in [1.165, 1.54) is 0 Å². The molecule has 2 rings (SSSR count). The van der Waals surface area contributed by atoms with Crippen LogP contribution in [0.2, 0.25) is 0 Å². The summed E-state index contributed by atoms with van der Waals surface area (Å²) in [5.41, 5.74) is 0. The minimum absolute atomic E-state index is 0.370. The Labute approximate surface area is 78.4 Å². The maximum absolute atomic E-state index is 4.21. The molecule has 0 spiro atoms. The molecule has 4 heteroatoms. The van der Waals surface area contributed by atoms with Crippen molar-refractivity contribution in [1.82, 2.24) is 20.1 Å². The number of aryl methyl sites for hydroxylation is 1. The molecule has 2 heterocycles. The SMILES string of the molecule is Cc1nnc2n1CCNC2C(C)C. The first-order chi connectivity index (χ1) is 6.20. The maximum atomic E-state index is 4.21. The monoisotopic (exact) mass is 180 g/mol. The standard InChI is InChI=1S/C9H16N4/c1-6(2)8-9-12-11-7(3)13(9)5-4-10-8/h6,8,10H,4-5H2,1-3H3. The number of hydrogen-bond donors (Lipinski definition) is 1. The lowest BCUT2D eigenvalue weighted by molar-refractivity contribution is 0.336. The lowest BCUT2D eigenvalue weighted by Crippen LogP contribution is -2.36. The highest BCUT2D eigenvalue weighted by atomic mass is 15.3. The van der Waals surface area contributed by atoms with Crippen molar-refractivity contribution in [3.05, 3.63) is 11.6 Å². The Balaban J connectivity index is 2.38. The van der Waals surface area contributed by atoms with E-state index in [0.29, 0.717) is 12.0 Å². The normalized spacial score (nSPS) is 22.0. The van der Waals surface area contributed by atoms with E-state index in [2.05, 4.69) is 33.9 Å². The fraction of sp³-hybridized carbons (Fsp3) is 0.778. The van der Waals surface area contributed by atoms with Crippen molar-refractivity contribution in [2.45, 2.75) is 33.4 Å². The molecule has 0 radical (unpaired) electrons. The quantitative estimate of drug-likeness (QED) is 0.698. The van der Waals surface area contributed by atoms with Crippen LogP contribution in [0.5, 0.6) is 0 Å². The molecule has 1 aromatic heterocycles. The minimum atomic E-state index is 0.370. The largest absolute Gasteiger partial charge is 0.313 e. The van der Waals surface area contributed by atoms with Crippen molar-refractivity contribution >= 4 is 0 Å². The summed E-state index contributed by atoms with van der Waals surface area (Å²) >= 11 is 0. The molecule has 1 aromatic rings. The van der Waals surface area contributed by atoms with Gasteiger partial charge in [0.25, 0.3) is 0 Å². The van der Waals surface area contributed by atoms with Gasteiger partial charge in [-0.3, -0.25) is 0 Å². The number of nitrogens with zero attached hydrogens (tertiary/aromatic N) is 3. The van der Waals surface area contributed by atoms with Gasteiger partial charge in [0.2, 0.25) is 0 Å². The Hall–Kier alpha value is -0.900. The zero-order chi connectivity index (χ0) is 9.42. The zero-order valence-corrected chi connectivity index (χ0v) is 8.41. The third kappa shape index (κ3) is 1.35. The highest BCUT2D eigenvalue weighted by molar-refractivity contribution is 5.04. The molecule has 1 aliphatic rings. The molecule has 0 aromatic carbocycles. The second-order valence-electron chi connectivity index (χ2n) is 3.93. The molecule has 0 saturated carbocycles. The summed E-state index contributed by atoms with van der Waals surface area (Å²) in [6.45, 7) is 8.44. The van der Waals surface area contributed by atoms with Crippen molar-refractivity contribution in [2.24, 2.45) is 5.92 Å². The van der Waals surface area contributed by atoms with E-state index in [4.69, 9.17) is 0 Å². The molecule has 13 heavy (non-hydrogen) atoms. The maximum Gasteiger partial charge on any atom is 0.150 e. The van der Waals surface area contributed by atoms with Gasteiger partial charge in [0.1, 0.15) is 5.82 Å². The van der Waals surface area contributed by atoms with Gasteiger partial charge in [0.05, 0.1) is 6.04 Å². The van der Waals surface area contributed by atoms with Crippen LogP contribution in [0.15, 0.2) is 0 Å². The van der Waals surface area contributed by atoms with Gasteiger partial charge in [0, 0.05) is 13.1 Å². The lowest BCUT2D eigenvalue weighted by Gasteiger charge is -2.27. The molecular formula is C9H16N4. The second-order valence-corrected chi connectivity index (χ2v) is 3.93. The van der Waals surface area contributed by atoms with Crippen molar-refractivity contribution in [3.8, 4) is 0 Å². The Morgan fingerprint density at radius 3 is 2.92 bits per heavy atom. The first-order valence-electron chi connectivity index (χ1n) is 4.83. The first kappa shape index (κ1) is 8.69. The van der Waals surface area contributed by atoms with E-state index in [9.17, 15) is 0 Å². The molecule has 0 saturated heterocycles. The summed E-state index contributed by atoms with van der Waals surface area (Å²) < 4.78 is 2.21. The van der Waals surface area contributed by atoms with E-state index < -0.39 is 0 Å². The molecule has 0 amide bonds. The van der Waals surface area contributed by atoms with Crippen molar-refractivity contribution in [3.63, 3.8) is 0 Å². The van der Waals surface area contributed by atoms with E-state index >= 15 is 0 Å². The van der Waals surface area contributed by atoms with Gasteiger partial charge in [0.15, 0.2) is 5.82 Å². The van der Waals surface area contributed by atoms with Gasteiger partial charge in [-0.25, -0.2) is 0 Å². The molecule has 0 bridgehead atoms. The third-order valence-electron chi connectivity index (χ3n) is 2.61. The molecule has 1 atom stereocenters. The van der Waals surface area contributed by atoms with Gasteiger partial charge < -0.3 is 9.88 Å². The molecule has 1 N–H and O–H groups in total. The minimum Gasteiger partial charge on any atom is -0.313 e. The van der Waals surface area contributed by atoms with Crippen LogP contribution in [-0.2, 0) is 6.54 Å². The van der Waals surface area contributed by atoms with Crippen LogP contribution in [0.1, 0.15) is 31.5 Å². The Morgan fingerprint density at radius 1 is 1.46 bits per heavy atom. The molecule has 4 nitrogen and oxygen atoms in total. The zero-order valence-electron chi connectivity index (χ0n) is 8.41. The Bertz CT molecular complexity index is 303. The highest BCUT2D eigenvalue weighted by Gasteiger charge is 2.25. The average Bonchev–Trinajstić information content (AvgIpc) is 2.48. The number of fused-ring (bicyclic) bond motifs is 1. The average molecular weight is 180 g/mol. The summed E-state index contributed by atoms with van der Waals surface area (Å²) in [5.74, 6) is 2.70. The number of rotatable bonds is 1. The van der Waals surface area contributed by atoms with Crippen LogP contribution in [0, 0.1) is 12.8 Å². The molecular weight excluding hydrogens is 164 g/mol. The van der Waals surface area contributed by atoms with Gasteiger partial charge in [-0.1, -0.05) is 13.8 Å². The van der Waals surface area contributed by atoms with Crippen molar-refractivity contribution < 1.29 is 0 Å². The highest BCUT2D eigenvalue weighted by Crippen LogP contribution is 2.22. The summed E-state index contributed by atoms with van der Waals surface area (Å²) in [5, 5.41) is 11.8. The topological polar surface area (TPSA) is 42.7 Å². The van der Waals surface area contributed by atoms with Crippen LogP contribution in [-0.4, -0.2) is 21.3 Å². The van der Waals surface area contributed by atoms with Crippen LogP contribution < -0.4 is 5.32 Å². The van der Waals surface area contributed by atoms with Crippen LogP contribution in [0.3, 0.4) is 0 Å². The van der Waals surface area contributed by atoms with Crippen LogP contribution >= 0.6 is 0 Å². The van der Waals surface area contributed by atoms with Gasteiger partial charge in [-0.05, 0) is 12.8 Å². The van der Waals surface area contributed by atoms with Crippen LogP contribution in [0.25, 0.3) is 0 Å². The van der Waals surface area contributed by atoms with Gasteiger partial charge >= 0.3 is 0 Å². The molecule has 0 fully saturated rings. The van der Waals surface area contributed by atoms with E-state index in [1.807, 2.05) is 6.92 Å². The van der Waals surface area contributed by atoms with Crippen molar-refractivity contribution in [2.75, 3.05) is 6.54 Å². The fourth-order valence-corrected chi connectivity index (χ4v) is 1.86. The smallest absolute Gasteiger partial charge is 0.150 e. The van der Waals surface area contributed by atoms with E-state index in [1.54, 1.807) is 0 Å². The summed E-state index contributed by atoms with van der Waals surface area (Å²) in [4.78, 5) is 0. The van der Waals surface area contributed by atoms with E-state index in [-0.39, 0.29) is 0 Å². The predicted octanol–water partition coefficient (Wildman–Crippen LogP) is 0.887. The summed E-state index contributed by atoms with van der Waals surface area (Å²) in [7, 11) is 0. The second kappa shape index (κ2) is 3.10. The van der Waals surface area contributed by atoms with Gasteiger partial charge in [-0.2, -0.15) is 0 Å². The third-order valence-corrected chi connectivity index (χ3v) is 2.61. The predicted molar refractivity (Wildman–Crippen MR) is 50.3 cm³/mol. The Morgan fingerprint density at radius 2 is 2.23 bits per heavy atom. The molecule has 1 unspecified atom stereocenters. The van der Waals surface area contributed by atoms with Crippen molar-refractivity contribution in [1.29, 1.82) is 0 Å². The molecule has 1 aliphatic heterocycles. The summed E-state index contributed by atoms with van der Waals surface area (Å²) in [6, 6.07) is 0.370. The van der Waals surface area contributed by atoms with Crippen LogP contribution in [0.4, 0.5) is 0 Å². The Kier molecular flexibility index (Phi) is 2.07. The molecule has 72 valence electrons. The summed E-state index contributed by atoms with van der Waals surface area (Å²) in [6.07, 6.45) is 0. The first-order valence-corrected chi connectivity index (χ1v) is 4.83. The van der Waals surface area contributed by atoms with E-state index in [0.717, 1.165) is 24.7 Å².